The highest BCUT2D eigenvalue weighted by atomic mass is 35.5. The molecule has 1 unspecified atom stereocenters. The summed E-state index contributed by atoms with van der Waals surface area (Å²) in [5, 5.41) is 4.45. The van der Waals surface area contributed by atoms with E-state index in [2.05, 4.69) is 12.2 Å². The van der Waals surface area contributed by atoms with Gasteiger partial charge in [0.2, 0.25) is 0 Å². The van der Waals surface area contributed by atoms with Gasteiger partial charge in [0.1, 0.15) is 5.82 Å². The van der Waals surface area contributed by atoms with Crippen molar-refractivity contribution in [2.24, 2.45) is 0 Å². The first-order valence-electron chi connectivity index (χ1n) is 6.56. The number of hydrogen-bond donors (Lipinski definition) is 1. The predicted molar refractivity (Wildman–Crippen MR) is 83.0 cm³/mol. The Labute approximate surface area is 128 Å². The van der Waals surface area contributed by atoms with Crippen LogP contribution in [0.5, 0.6) is 0 Å². The normalized spacial score (nSPS) is 12.4. The van der Waals surface area contributed by atoms with Crippen molar-refractivity contribution in [3.05, 3.63) is 69.5 Å². The van der Waals surface area contributed by atoms with Crippen LogP contribution < -0.4 is 5.32 Å². The van der Waals surface area contributed by atoms with Crippen molar-refractivity contribution in [2.75, 3.05) is 6.54 Å². The minimum Gasteiger partial charge on any atom is -0.306 e. The third-order valence-corrected chi connectivity index (χ3v) is 3.66. The van der Waals surface area contributed by atoms with E-state index < -0.39 is 0 Å². The summed E-state index contributed by atoms with van der Waals surface area (Å²) in [5.41, 5.74) is 1.36. The lowest BCUT2D eigenvalue weighted by Gasteiger charge is -2.21. The molecule has 106 valence electrons. The van der Waals surface area contributed by atoms with Crippen LogP contribution in [-0.2, 0) is 0 Å². The average Bonchev–Trinajstić information content (AvgIpc) is 2.44. The van der Waals surface area contributed by atoms with Crippen LogP contribution in [0.15, 0.2) is 42.5 Å². The second-order valence-corrected chi connectivity index (χ2v) is 5.42. The Bertz CT molecular complexity index is 586. The molecule has 0 bridgehead atoms. The van der Waals surface area contributed by atoms with E-state index >= 15 is 0 Å². The van der Waals surface area contributed by atoms with E-state index in [1.54, 1.807) is 18.2 Å². The Balaban J connectivity index is 2.47. The smallest absolute Gasteiger partial charge is 0.128 e. The Morgan fingerprint density at radius 1 is 1.10 bits per heavy atom. The van der Waals surface area contributed by atoms with Gasteiger partial charge >= 0.3 is 0 Å². The molecule has 0 heterocycles. The summed E-state index contributed by atoms with van der Waals surface area (Å²) in [7, 11) is 0. The van der Waals surface area contributed by atoms with Gasteiger partial charge in [-0.2, -0.15) is 0 Å². The molecule has 4 heteroatoms. The zero-order valence-electron chi connectivity index (χ0n) is 11.2. The van der Waals surface area contributed by atoms with Crippen molar-refractivity contribution in [3.63, 3.8) is 0 Å². The molecule has 0 amide bonds. The largest absolute Gasteiger partial charge is 0.306 e. The fourth-order valence-electron chi connectivity index (χ4n) is 2.12. The summed E-state index contributed by atoms with van der Waals surface area (Å²) in [5.74, 6) is -0.289. The topological polar surface area (TPSA) is 12.0 Å². The zero-order chi connectivity index (χ0) is 14.5. The van der Waals surface area contributed by atoms with E-state index in [4.69, 9.17) is 23.2 Å². The molecule has 2 aromatic carbocycles. The van der Waals surface area contributed by atoms with Crippen molar-refractivity contribution in [3.8, 4) is 0 Å². The average molecular weight is 312 g/mol. The van der Waals surface area contributed by atoms with Gasteiger partial charge in [-0.05, 0) is 42.8 Å². The second-order valence-electron chi connectivity index (χ2n) is 4.57. The van der Waals surface area contributed by atoms with Crippen LogP contribution in [0, 0.1) is 5.82 Å². The van der Waals surface area contributed by atoms with E-state index in [-0.39, 0.29) is 11.9 Å². The van der Waals surface area contributed by atoms with Gasteiger partial charge in [-0.3, -0.25) is 0 Å². The van der Waals surface area contributed by atoms with E-state index in [0.29, 0.717) is 15.6 Å². The summed E-state index contributed by atoms with van der Waals surface area (Å²) in [4.78, 5) is 0. The number of nitrogens with one attached hydrogen (secondary N) is 1. The quantitative estimate of drug-likeness (QED) is 0.798. The van der Waals surface area contributed by atoms with E-state index in [9.17, 15) is 4.39 Å². The van der Waals surface area contributed by atoms with E-state index in [1.807, 2.05) is 18.2 Å². The van der Waals surface area contributed by atoms with Gasteiger partial charge in [0.05, 0.1) is 6.04 Å². The summed E-state index contributed by atoms with van der Waals surface area (Å²) >= 11 is 12.2. The summed E-state index contributed by atoms with van der Waals surface area (Å²) < 4.78 is 14.1. The number of halogens is 3. The third kappa shape index (κ3) is 3.51. The lowest BCUT2D eigenvalue weighted by atomic mass is 9.98. The molecule has 0 aliphatic carbocycles. The minimum absolute atomic E-state index is 0.289. The molecule has 2 aromatic rings. The molecule has 0 spiro atoms. The fourth-order valence-corrected chi connectivity index (χ4v) is 2.55. The van der Waals surface area contributed by atoms with Gasteiger partial charge in [0.15, 0.2) is 0 Å². The second kappa shape index (κ2) is 7.07. The molecule has 1 atom stereocenters. The summed E-state index contributed by atoms with van der Waals surface area (Å²) in [6.45, 7) is 2.83. The fraction of sp³-hybridized carbons (Fsp3) is 0.250. The first kappa shape index (κ1) is 15.3. The SMILES string of the molecule is CCCNC(c1cc(Cl)ccc1F)c1ccccc1Cl. The Morgan fingerprint density at radius 2 is 1.85 bits per heavy atom. The molecule has 1 N–H and O–H groups in total. The molecular formula is C16H16Cl2FN. The maximum Gasteiger partial charge on any atom is 0.128 e. The third-order valence-electron chi connectivity index (χ3n) is 3.08. The lowest BCUT2D eigenvalue weighted by Crippen LogP contribution is -2.24. The van der Waals surface area contributed by atoms with E-state index in [1.165, 1.54) is 6.07 Å². The van der Waals surface area contributed by atoms with Gasteiger partial charge in [-0.25, -0.2) is 4.39 Å². The van der Waals surface area contributed by atoms with Crippen molar-refractivity contribution >= 4 is 23.2 Å². The number of hydrogen-bond acceptors (Lipinski definition) is 1. The molecule has 20 heavy (non-hydrogen) atoms. The lowest BCUT2D eigenvalue weighted by molar-refractivity contribution is 0.547. The first-order valence-corrected chi connectivity index (χ1v) is 7.31. The Hall–Kier alpha value is -1.09. The van der Waals surface area contributed by atoms with Crippen LogP contribution in [0.3, 0.4) is 0 Å². The maximum atomic E-state index is 14.1. The van der Waals surface area contributed by atoms with Crippen LogP contribution in [0.2, 0.25) is 10.0 Å². The van der Waals surface area contributed by atoms with Gasteiger partial charge in [-0.15, -0.1) is 0 Å². The van der Waals surface area contributed by atoms with Crippen LogP contribution in [-0.4, -0.2) is 6.54 Å². The van der Waals surface area contributed by atoms with Crippen molar-refractivity contribution in [1.29, 1.82) is 0 Å². The molecule has 0 saturated carbocycles. The van der Waals surface area contributed by atoms with Crippen molar-refractivity contribution in [1.82, 2.24) is 5.32 Å². The number of rotatable bonds is 5. The van der Waals surface area contributed by atoms with Crippen LogP contribution in [0.1, 0.15) is 30.5 Å². The standard InChI is InChI=1S/C16H16Cl2FN/c1-2-9-20-16(12-5-3-4-6-14(12)18)13-10-11(17)7-8-15(13)19/h3-8,10,16,20H,2,9H2,1H3. The molecule has 0 fully saturated rings. The van der Waals surface area contributed by atoms with Gasteiger partial charge in [0, 0.05) is 15.6 Å². The monoisotopic (exact) mass is 311 g/mol. The van der Waals surface area contributed by atoms with Gasteiger partial charge < -0.3 is 5.32 Å². The predicted octanol–water partition coefficient (Wildman–Crippen LogP) is 5.22. The maximum absolute atomic E-state index is 14.1. The first-order chi connectivity index (χ1) is 9.63. The molecule has 0 aliphatic heterocycles. The van der Waals surface area contributed by atoms with Crippen LogP contribution in [0.4, 0.5) is 4.39 Å². The van der Waals surface area contributed by atoms with Crippen LogP contribution >= 0.6 is 23.2 Å². The highest BCUT2D eigenvalue weighted by molar-refractivity contribution is 6.31. The molecule has 2 rings (SSSR count). The van der Waals surface area contributed by atoms with Gasteiger partial charge in [-0.1, -0.05) is 48.3 Å². The molecule has 0 saturated heterocycles. The molecule has 1 nitrogen and oxygen atoms in total. The van der Waals surface area contributed by atoms with Crippen molar-refractivity contribution < 1.29 is 4.39 Å². The molecular weight excluding hydrogens is 296 g/mol. The van der Waals surface area contributed by atoms with Crippen LogP contribution in [0.25, 0.3) is 0 Å². The molecule has 0 aromatic heterocycles. The zero-order valence-corrected chi connectivity index (χ0v) is 12.7. The highest BCUT2D eigenvalue weighted by Gasteiger charge is 2.19. The molecule has 0 radical (unpaired) electrons. The van der Waals surface area contributed by atoms with E-state index in [0.717, 1.165) is 18.5 Å². The van der Waals surface area contributed by atoms with Crippen molar-refractivity contribution in [2.45, 2.75) is 19.4 Å². The highest BCUT2D eigenvalue weighted by Crippen LogP contribution is 2.31. The summed E-state index contributed by atoms with van der Waals surface area (Å²) in [6, 6.07) is 11.7. The Kier molecular flexibility index (Phi) is 5.41. The molecule has 0 aliphatic rings. The minimum atomic E-state index is -0.303. The Morgan fingerprint density at radius 3 is 2.55 bits per heavy atom. The van der Waals surface area contributed by atoms with Gasteiger partial charge in [0.25, 0.3) is 0 Å². The number of benzene rings is 2. The summed E-state index contributed by atoms with van der Waals surface area (Å²) in [6.07, 6.45) is 0.948.